The third kappa shape index (κ3) is 7.10. The highest BCUT2D eigenvalue weighted by Gasteiger charge is 2.12. The second kappa shape index (κ2) is 12.2. The van der Waals surface area contributed by atoms with Gasteiger partial charge < -0.3 is 19.4 Å². The van der Waals surface area contributed by atoms with Crippen LogP contribution < -0.4 is 14.9 Å². The minimum atomic E-state index is -0.344. The van der Waals surface area contributed by atoms with E-state index >= 15 is 0 Å². The molecule has 0 radical (unpaired) electrons. The van der Waals surface area contributed by atoms with Gasteiger partial charge >= 0.3 is 0 Å². The van der Waals surface area contributed by atoms with Crippen molar-refractivity contribution < 1.29 is 19.1 Å². The molecule has 0 aliphatic heterocycles. The first-order valence-corrected chi connectivity index (χ1v) is 12.0. The minimum Gasteiger partial charge on any atom is -0.491 e. The van der Waals surface area contributed by atoms with Crippen molar-refractivity contribution in [3.63, 3.8) is 0 Å². The van der Waals surface area contributed by atoms with Crippen LogP contribution in [0.5, 0.6) is 5.75 Å². The van der Waals surface area contributed by atoms with E-state index in [0.717, 1.165) is 22.7 Å². The van der Waals surface area contributed by atoms with E-state index in [1.807, 2.05) is 55.0 Å². The first-order valence-electron chi connectivity index (χ1n) is 11.1. The van der Waals surface area contributed by atoms with Gasteiger partial charge in [-0.2, -0.15) is 4.99 Å². The highest BCUT2D eigenvalue weighted by Crippen LogP contribution is 2.24. The number of aryl methyl sites for hydroxylation is 1. The Morgan fingerprint density at radius 2 is 1.94 bits per heavy atom. The number of aromatic nitrogens is 2. The molecular formula is C25H30N4O4S. The number of pyridine rings is 1. The molecule has 0 atom stereocenters. The number of ether oxygens (including phenoxy) is 2. The van der Waals surface area contributed by atoms with Crippen LogP contribution in [0.2, 0.25) is 0 Å². The Bertz CT molecular complexity index is 1160. The van der Waals surface area contributed by atoms with Gasteiger partial charge in [-0.05, 0) is 69.2 Å². The molecule has 0 saturated carbocycles. The molecule has 3 rings (SSSR count). The number of hydrogen-bond acceptors (Lipinski definition) is 6. The summed E-state index contributed by atoms with van der Waals surface area (Å²) in [5.74, 6) is 0.294. The minimum absolute atomic E-state index is 0.0291. The molecule has 3 aromatic rings. The first-order chi connectivity index (χ1) is 16.4. The summed E-state index contributed by atoms with van der Waals surface area (Å²) in [5, 5.41) is 4.81. The summed E-state index contributed by atoms with van der Waals surface area (Å²) >= 11 is 1.40. The Morgan fingerprint density at radius 3 is 2.59 bits per heavy atom. The number of rotatable bonds is 10. The van der Waals surface area contributed by atoms with E-state index in [1.165, 1.54) is 18.4 Å². The zero-order chi connectivity index (χ0) is 24.5. The lowest BCUT2D eigenvalue weighted by atomic mass is 10.1. The van der Waals surface area contributed by atoms with Gasteiger partial charge in [-0.3, -0.25) is 14.6 Å². The van der Waals surface area contributed by atoms with E-state index in [4.69, 9.17) is 9.47 Å². The first kappa shape index (κ1) is 25.3. The second-order valence-corrected chi connectivity index (χ2v) is 8.82. The number of nitrogens with one attached hydrogen (secondary N) is 1. The summed E-state index contributed by atoms with van der Waals surface area (Å²) in [6, 6.07) is 11.4. The van der Waals surface area contributed by atoms with Gasteiger partial charge in [0.05, 0.1) is 17.4 Å². The standard InChI is InChI=1S/C25H30N4O4S/c1-17(2)33-21-10-8-19(9-11-21)22-16-34-25(28-24(31)20-7-6-18(3)27-14-20)29(22)13-5-12-26-23(30)15-32-4/h6-11,14,16-17H,5,12-13,15H2,1-4H3,(H,26,30). The van der Waals surface area contributed by atoms with Crippen LogP contribution in [0, 0.1) is 6.92 Å². The van der Waals surface area contributed by atoms with Crippen LogP contribution in [0.25, 0.3) is 11.3 Å². The van der Waals surface area contributed by atoms with Crippen LogP contribution in [0.15, 0.2) is 53.0 Å². The average Bonchev–Trinajstić information content (AvgIpc) is 3.19. The summed E-state index contributed by atoms with van der Waals surface area (Å²) in [5.41, 5.74) is 3.21. The number of hydrogen-bond donors (Lipinski definition) is 1. The van der Waals surface area contributed by atoms with Crippen molar-refractivity contribution >= 4 is 23.2 Å². The topological polar surface area (TPSA) is 94.8 Å². The molecule has 0 spiro atoms. The van der Waals surface area contributed by atoms with E-state index in [-0.39, 0.29) is 24.5 Å². The number of methoxy groups -OCH3 is 1. The van der Waals surface area contributed by atoms with Gasteiger partial charge in [0, 0.05) is 37.5 Å². The van der Waals surface area contributed by atoms with Crippen molar-refractivity contribution in [2.24, 2.45) is 4.99 Å². The number of thiazole rings is 1. The van der Waals surface area contributed by atoms with E-state index in [2.05, 4.69) is 15.3 Å². The lowest BCUT2D eigenvalue weighted by molar-refractivity contribution is -0.124. The Morgan fingerprint density at radius 1 is 1.18 bits per heavy atom. The van der Waals surface area contributed by atoms with Crippen LogP contribution in [0.3, 0.4) is 0 Å². The SMILES string of the molecule is COCC(=O)NCCCn1c(-c2ccc(OC(C)C)cc2)csc1=NC(=O)c1ccc(C)nc1. The highest BCUT2D eigenvalue weighted by molar-refractivity contribution is 7.07. The number of carbonyl (C=O) groups is 2. The Hall–Kier alpha value is -3.30. The molecule has 0 aliphatic carbocycles. The van der Waals surface area contributed by atoms with Gasteiger partial charge in [0.1, 0.15) is 12.4 Å². The van der Waals surface area contributed by atoms with Crippen LogP contribution in [-0.4, -0.2) is 47.7 Å². The Kier molecular flexibility index (Phi) is 9.12. The molecule has 0 saturated heterocycles. The summed E-state index contributed by atoms with van der Waals surface area (Å²) in [4.78, 5) is 33.6. The Labute approximate surface area is 203 Å². The Balaban J connectivity index is 1.87. The van der Waals surface area contributed by atoms with Crippen molar-refractivity contribution in [3.8, 4) is 17.0 Å². The lowest BCUT2D eigenvalue weighted by Crippen LogP contribution is -2.29. The van der Waals surface area contributed by atoms with E-state index in [9.17, 15) is 9.59 Å². The van der Waals surface area contributed by atoms with Gasteiger partial charge in [-0.25, -0.2) is 0 Å². The fourth-order valence-electron chi connectivity index (χ4n) is 3.23. The predicted molar refractivity (Wildman–Crippen MR) is 132 cm³/mol. The van der Waals surface area contributed by atoms with Crippen molar-refractivity contribution in [1.82, 2.24) is 14.9 Å². The molecule has 2 aromatic heterocycles. The molecule has 0 aliphatic rings. The van der Waals surface area contributed by atoms with Crippen molar-refractivity contribution in [2.75, 3.05) is 20.3 Å². The molecule has 1 N–H and O–H groups in total. The smallest absolute Gasteiger partial charge is 0.281 e. The summed E-state index contributed by atoms with van der Waals surface area (Å²) in [6.45, 7) is 6.94. The van der Waals surface area contributed by atoms with Gasteiger partial charge in [-0.15, -0.1) is 11.3 Å². The lowest BCUT2D eigenvalue weighted by Gasteiger charge is -2.12. The number of carbonyl (C=O) groups excluding carboxylic acids is 2. The second-order valence-electron chi connectivity index (χ2n) is 7.99. The van der Waals surface area contributed by atoms with Crippen molar-refractivity contribution in [1.29, 1.82) is 0 Å². The predicted octanol–water partition coefficient (Wildman–Crippen LogP) is 3.60. The quantitative estimate of drug-likeness (QED) is 0.446. The highest BCUT2D eigenvalue weighted by atomic mass is 32.1. The van der Waals surface area contributed by atoms with E-state index in [1.54, 1.807) is 18.3 Å². The molecule has 34 heavy (non-hydrogen) atoms. The summed E-state index contributed by atoms with van der Waals surface area (Å²) in [7, 11) is 1.49. The normalized spacial score (nSPS) is 11.6. The zero-order valence-electron chi connectivity index (χ0n) is 19.9. The van der Waals surface area contributed by atoms with Crippen LogP contribution in [-0.2, 0) is 16.1 Å². The third-order valence-corrected chi connectivity index (χ3v) is 5.69. The summed E-state index contributed by atoms with van der Waals surface area (Å²) < 4.78 is 12.6. The summed E-state index contributed by atoms with van der Waals surface area (Å²) in [6.07, 6.45) is 2.30. The molecule has 9 heteroatoms. The van der Waals surface area contributed by atoms with Gasteiger partial charge in [0.25, 0.3) is 5.91 Å². The van der Waals surface area contributed by atoms with Crippen LogP contribution in [0.1, 0.15) is 36.3 Å². The zero-order valence-corrected chi connectivity index (χ0v) is 20.7. The molecule has 0 fully saturated rings. The molecule has 2 amide bonds. The number of nitrogens with zero attached hydrogens (tertiary/aromatic N) is 3. The fourth-order valence-corrected chi connectivity index (χ4v) is 4.17. The molecule has 180 valence electrons. The maximum absolute atomic E-state index is 12.8. The molecule has 0 unspecified atom stereocenters. The van der Waals surface area contributed by atoms with Crippen LogP contribution >= 0.6 is 11.3 Å². The van der Waals surface area contributed by atoms with Crippen LogP contribution in [0.4, 0.5) is 0 Å². The van der Waals surface area contributed by atoms with Crippen molar-refractivity contribution in [3.05, 3.63) is 64.0 Å². The maximum atomic E-state index is 12.8. The molecule has 8 nitrogen and oxygen atoms in total. The number of benzene rings is 1. The largest absolute Gasteiger partial charge is 0.491 e. The average molecular weight is 483 g/mol. The molecule has 0 bridgehead atoms. The van der Waals surface area contributed by atoms with Gasteiger partial charge in [0.15, 0.2) is 4.80 Å². The van der Waals surface area contributed by atoms with Gasteiger partial charge in [-0.1, -0.05) is 0 Å². The maximum Gasteiger partial charge on any atom is 0.281 e. The monoisotopic (exact) mass is 482 g/mol. The molecule has 2 heterocycles. The van der Waals surface area contributed by atoms with E-state index < -0.39 is 0 Å². The third-order valence-electron chi connectivity index (χ3n) is 4.83. The van der Waals surface area contributed by atoms with Crippen molar-refractivity contribution in [2.45, 2.75) is 39.8 Å². The number of amides is 2. The fraction of sp³-hybridized carbons (Fsp3) is 0.360. The molecule has 1 aromatic carbocycles. The molecular weight excluding hydrogens is 452 g/mol. The van der Waals surface area contributed by atoms with E-state index in [0.29, 0.717) is 29.9 Å². The van der Waals surface area contributed by atoms with Gasteiger partial charge in [0.2, 0.25) is 5.91 Å².